The zero-order valence-electron chi connectivity index (χ0n) is 15.2. The molecule has 2 N–H and O–H groups in total. The predicted octanol–water partition coefficient (Wildman–Crippen LogP) is 2.77. The number of hydrogen-bond donors (Lipinski definition) is 2. The van der Waals surface area contributed by atoms with Gasteiger partial charge < -0.3 is 15.0 Å². The molecular formula is C20H21ClN4O3. The summed E-state index contributed by atoms with van der Waals surface area (Å²) in [7, 11) is 0. The zero-order valence-corrected chi connectivity index (χ0v) is 16.0. The third-order valence-electron chi connectivity index (χ3n) is 5.04. The maximum atomic E-state index is 12.5. The number of amides is 3. The van der Waals surface area contributed by atoms with Crippen LogP contribution in [0.2, 0.25) is 5.02 Å². The number of para-hydroxylation sites is 2. The summed E-state index contributed by atoms with van der Waals surface area (Å²) in [5, 5.41) is 4.95. The number of halogens is 1. The Morgan fingerprint density at radius 2 is 1.75 bits per heavy atom. The van der Waals surface area contributed by atoms with Crippen LogP contribution in [-0.4, -0.2) is 42.2 Å². The van der Waals surface area contributed by atoms with E-state index < -0.39 is 5.66 Å². The number of carbonyl (C=O) groups is 2. The lowest BCUT2D eigenvalue weighted by Gasteiger charge is -2.38. The second kappa shape index (κ2) is 7.69. The van der Waals surface area contributed by atoms with Crippen LogP contribution in [0, 0.1) is 0 Å². The first-order chi connectivity index (χ1) is 13.6. The van der Waals surface area contributed by atoms with Gasteiger partial charge in [0.25, 0.3) is 5.91 Å². The largest absolute Gasteiger partial charge is 0.484 e. The molecule has 4 rings (SSSR count). The van der Waals surface area contributed by atoms with E-state index in [4.69, 9.17) is 16.3 Å². The molecule has 8 heteroatoms. The van der Waals surface area contributed by atoms with Crippen LogP contribution in [0.4, 0.5) is 10.5 Å². The van der Waals surface area contributed by atoms with E-state index in [1.165, 1.54) is 5.01 Å². The van der Waals surface area contributed by atoms with Crippen LogP contribution in [0.5, 0.6) is 5.75 Å². The van der Waals surface area contributed by atoms with Crippen LogP contribution in [0.15, 0.2) is 54.6 Å². The molecule has 28 heavy (non-hydrogen) atoms. The molecule has 0 aliphatic carbocycles. The number of hydrazine groups is 1. The molecule has 2 aliphatic heterocycles. The van der Waals surface area contributed by atoms with Gasteiger partial charge in [-0.3, -0.25) is 4.79 Å². The Morgan fingerprint density at radius 1 is 1.07 bits per heavy atom. The Labute approximate surface area is 168 Å². The molecule has 2 aromatic rings. The van der Waals surface area contributed by atoms with E-state index in [0.29, 0.717) is 42.4 Å². The second-order valence-corrected chi connectivity index (χ2v) is 7.30. The highest BCUT2D eigenvalue weighted by molar-refractivity contribution is 6.33. The third kappa shape index (κ3) is 3.76. The number of anilines is 1. The third-order valence-corrected chi connectivity index (χ3v) is 5.36. The molecule has 2 heterocycles. The Hall–Kier alpha value is -2.77. The molecule has 2 fully saturated rings. The number of hydrogen-bond acceptors (Lipinski definition) is 4. The Morgan fingerprint density at radius 3 is 2.46 bits per heavy atom. The highest BCUT2D eigenvalue weighted by atomic mass is 35.5. The first-order valence-corrected chi connectivity index (χ1v) is 9.54. The van der Waals surface area contributed by atoms with Crippen molar-refractivity contribution in [1.29, 1.82) is 0 Å². The number of piperidine rings is 1. The van der Waals surface area contributed by atoms with E-state index in [1.54, 1.807) is 17.0 Å². The van der Waals surface area contributed by atoms with Gasteiger partial charge in [0.05, 0.1) is 10.7 Å². The SMILES string of the molecule is O=C(COc1ccccc1)N1CCC2(CC1)NC(=O)N(c1ccccc1Cl)N2. The quantitative estimate of drug-likeness (QED) is 0.827. The molecule has 0 atom stereocenters. The number of nitrogens with one attached hydrogen (secondary N) is 2. The molecule has 7 nitrogen and oxygen atoms in total. The number of ether oxygens (including phenoxy) is 1. The van der Waals surface area contributed by atoms with E-state index >= 15 is 0 Å². The van der Waals surface area contributed by atoms with Crippen molar-refractivity contribution in [3.05, 3.63) is 59.6 Å². The van der Waals surface area contributed by atoms with Crippen molar-refractivity contribution in [1.82, 2.24) is 15.6 Å². The van der Waals surface area contributed by atoms with E-state index in [1.807, 2.05) is 42.5 Å². The number of carbonyl (C=O) groups excluding carboxylic acids is 2. The molecular weight excluding hydrogens is 380 g/mol. The number of rotatable bonds is 4. The number of likely N-dealkylation sites (tertiary alicyclic amines) is 1. The lowest BCUT2D eigenvalue weighted by molar-refractivity contribution is -0.135. The minimum absolute atomic E-state index is 0.00253. The van der Waals surface area contributed by atoms with Gasteiger partial charge in [-0.15, -0.1) is 0 Å². The fraction of sp³-hybridized carbons (Fsp3) is 0.300. The molecule has 146 valence electrons. The minimum Gasteiger partial charge on any atom is -0.484 e. The summed E-state index contributed by atoms with van der Waals surface area (Å²) in [6.45, 7) is 1.06. The number of nitrogens with zero attached hydrogens (tertiary/aromatic N) is 2. The van der Waals surface area contributed by atoms with Gasteiger partial charge in [-0.25, -0.2) is 15.2 Å². The fourth-order valence-corrected chi connectivity index (χ4v) is 3.70. The summed E-state index contributed by atoms with van der Waals surface area (Å²) in [5.41, 5.74) is 3.28. The Bertz CT molecular complexity index is 869. The molecule has 0 radical (unpaired) electrons. The first-order valence-electron chi connectivity index (χ1n) is 9.17. The van der Waals surface area contributed by atoms with Crippen LogP contribution in [0.1, 0.15) is 12.8 Å². The Balaban J connectivity index is 1.34. The molecule has 2 aromatic carbocycles. The van der Waals surface area contributed by atoms with Gasteiger partial charge in [-0.2, -0.15) is 0 Å². The topological polar surface area (TPSA) is 73.9 Å². The van der Waals surface area contributed by atoms with Crippen molar-refractivity contribution < 1.29 is 14.3 Å². The van der Waals surface area contributed by atoms with Crippen molar-refractivity contribution in [2.24, 2.45) is 0 Å². The van der Waals surface area contributed by atoms with E-state index in [-0.39, 0.29) is 18.5 Å². The summed E-state index contributed by atoms with van der Waals surface area (Å²) < 4.78 is 5.54. The van der Waals surface area contributed by atoms with Crippen molar-refractivity contribution in [3.8, 4) is 5.75 Å². The number of benzene rings is 2. The van der Waals surface area contributed by atoms with E-state index in [9.17, 15) is 9.59 Å². The van der Waals surface area contributed by atoms with Gasteiger partial charge in [0.2, 0.25) is 0 Å². The highest BCUT2D eigenvalue weighted by Crippen LogP contribution is 2.31. The zero-order chi connectivity index (χ0) is 19.6. The van der Waals surface area contributed by atoms with Gasteiger partial charge in [0.15, 0.2) is 6.61 Å². The monoisotopic (exact) mass is 400 g/mol. The van der Waals surface area contributed by atoms with Crippen LogP contribution >= 0.6 is 11.6 Å². The second-order valence-electron chi connectivity index (χ2n) is 6.89. The van der Waals surface area contributed by atoms with Crippen LogP contribution < -0.4 is 20.5 Å². The average molecular weight is 401 g/mol. The maximum Gasteiger partial charge on any atom is 0.338 e. The molecule has 0 bridgehead atoms. The van der Waals surface area contributed by atoms with Gasteiger partial charge in [0, 0.05) is 25.9 Å². The van der Waals surface area contributed by atoms with Gasteiger partial charge in [0.1, 0.15) is 11.4 Å². The van der Waals surface area contributed by atoms with Crippen molar-refractivity contribution in [3.63, 3.8) is 0 Å². The maximum absolute atomic E-state index is 12.5. The molecule has 3 amide bonds. The number of urea groups is 1. The van der Waals surface area contributed by atoms with Gasteiger partial charge >= 0.3 is 6.03 Å². The fourth-order valence-electron chi connectivity index (χ4n) is 3.48. The summed E-state index contributed by atoms with van der Waals surface area (Å²) in [6, 6.07) is 16.2. The van der Waals surface area contributed by atoms with E-state index in [2.05, 4.69) is 10.7 Å². The van der Waals surface area contributed by atoms with Crippen LogP contribution in [0.3, 0.4) is 0 Å². The minimum atomic E-state index is -0.576. The van der Waals surface area contributed by atoms with Crippen molar-refractivity contribution >= 4 is 29.2 Å². The Kier molecular flexibility index (Phi) is 5.11. The molecule has 0 aromatic heterocycles. The summed E-state index contributed by atoms with van der Waals surface area (Å²) in [6.07, 6.45) is 1.19. The molecule has 0 saturated carbocycles. The van der Waals surface area contributed by atoms with Gasteiger partial charge in [-0.1, -0.05) is 41.9 Å². The molecule has 1 spiro atoms. The molecule has 0 unspecified atom stereocenters. The summed E-state index contributed by atoms with van der Waals surface area (Å²) in [5.74, 6) is 0.607. The summed E-state index contributed by atoms with van der Waals surface area (Å²) in [4.78, 5) is 26.7. The van der Waals surface area contributed by atoms with E-state index in [0.717, 1.165) is 0 Å². The van der Waals surface area contributed by atoms with Gasteiger partial charge in [-0.05, 0) is 24.3 Å². The lowest BCUT2D eigenvalue weighted by Crippen LogP contribution is -2.59. The van der Waals surface area contributed by atoms with Crippen molar-refractivity contribution in [2.45, 2.75) is 18.5 Å². The smallest absolute Gasteiger partial charge is 0.338 e. The normalized spacial score (nSPS) is 18.2. The summed E-state index contributed by atoms with van der Waals surface area (Å²) >= 11 is 6.22. The predicted molar refractivity (Wildman–Crippen MR) is 106 cm³/mol. The standard InChI is InChI=1S/C20H21ClN4O3/c21-16-8-4-5-9-17(16)25-19(27)22-20(23-25)10-12-24(13-11-20)18(26)14-28-15-6-2-1-3-7-15/h1-9,23H,10-14H2,(H,22,27). The highest BCUT2D eigenvalue weighted by Gasteiger charge is 2.45. The van der Waals surface area contributed by atoms with Crippen LogP contribution in [-0.2, 0) is 4.79 Å². The molecule has 2 aliphatic rings. The lowest BCUT2D eigenvalue weighted by atomic mass is 9.98. The first kappa shape index (κ1) is 18.6. The molecule has 2 saturated heterocycles. The van der Waals surface area contributed by atoms with Crippen molar-refractivity contribution in [2.75, 3.05) is 24.7 Å². The average Bonchev–Trinajstić information content (AvgIpc) is 3.03. The van der Waals surface area contributed by atoms with Crippen LogP contribution in [0.25, 0.3) is 0 Å².